The van der Waals surface area contributed by atoms with E-state index in [2.05, 4.69) is 15.5 Å². The molecule has 13 heavy (non-hydrogen) atoms. The van der Waals surface area contributed by atoms with Gasteiger partial charge in [-0.1, -0.05) is 5.16 Å². The van der Waals surface area contributed by atoms with Crippen LogP contribution in [0.1, 0.15) is 11.3 Å². The van der Waals surface area contributed by atoms with Crippen LogP contribution in [0.15, 0.2) is 16.2 Å². The normalized spacial score (nSPS) is 14.8. The summed E-state index contributed by atoms with van der Waals surface area (Å²) in [7, 11) is 0. The van der Waals surface area contributed by atoms with Crippen molar-refractivity contribution < 1.29 is 4.52 Å². The lowest BCUT2D eigenvalue weighted by atomic mass is 10.2. The molecule has 1 aliphatic heterocycles. The zero-order chi connectivity index (χ0) is 8.67. The Hall–Kier alpha value is -1.20. The van der Waals surface area contributed by atoms with Crippen LogP contribution in [0, 0.1) is 0 Å². The number of hydrogen-bond acceptors (Lipinski definition) is 5. The Morgan fingerprint density at radius 1 is 1.46 bits per heavy atom. The molecule has 0 spiro atoms. The van der Waals surface area contributed by atoms with Gasteiger partial charge in [0.25, 0.3) is 0 Å². The van der Waals surface area contributed by atoms with Crippen molar-refractivity contribution in [1.82, 2.24) is 15.5 Å². The van der Waals surface area contributed by atoms with Gasteiger partial charge in [0.2, 0.25) is 0 Å². The number of nitrogens with zero attached hydrogens (tertiary/aromatic N) is 2. The second-order valence-electron chi connectivity index (χ2n) is 2.91. The van der Waals surface area contributed by atoms with Crippen molar-refractivity contribution in [3.8, 4) is 10.6 Å². The summed E-state index contributed by atoms with van der Waals surface area (Å²) < 4.78 is 5.26. The Bertz CT molecular complexity index is 421. The van der Waals surface area contributed by atoms with Gasteiger partial charge in [-0.05, 0) is 0 Å². The molecule has 0 saturated carbocycles. The minimum atomic E-state index is 0.817. The molecule has 0 saturated heterocycles. The van der Waals surface area contributed by atoms with Crippen molar-refractivity contribution >= 4 is 11.3 Å². The van der Waals surface area contributed by atoms with Gasteiger partial charge in [-0.3, -0.25) is 4.98 Å². The molecule has 0 amide bonds. The van der Waals surface area contributed by atoms with Crippen LogP contribution in [0.2, 0.25) is 0 Å². The molecule has 3 rings (SSSR count). The van der Waals surface area contributed by atoms with E-state index in [-0.39, 0.29) is 0 Å². The summed E-state index contributed by atoms with van der Waals surface area (Å²) in [6.07, 6.45) is 1.81. The van der Waals surface area contributed by atoms with Crippen molar-refractivity contribution in [3.63, 3.8) is 0 Å². The van der Waals surface area contributed by atoms with Crippen LogP contribution < -0.4 is 5.32 Å². The number of thiazole rings is 1. The monoisotopic (exact) mass is 193 g/mol. The molecule has 1 N–H and O–H groups in total. The van der Waals surface area contributed by atoms with Gasteiger partial charge in [-0.15, -0.1) is 11.3 Å². The molecule has 2 aromatic rings. The van der Waals surface area contributed by atoms with E-state index in [1.807, 2.05) is 6.20 Å². The zero-order valence-electron chi connectivity index (χ0n) is 6.78. The summed E-state index contributed by atoms with van der Waals surface area (Å²) in [6, 6.07) is 0. The largest absolute Gasteiger partial charge is 0.355 e. The van der Waals surface area contributed by atoms with E-state index >= 15 is 0 Å². The Balaban J connectivity index is 2.16. The Morgan fingerprint density at radius 3 is 3.31 bits per heavy atom. The van der Waals surface area contributed by atoms with Crippen LogP contribution in [-0.2, 0) is 13.1 Å². The number of hydrogen-bond donors (Lipinski definition) is 1. The third-order valence-electron chi connectivity index (χ3n) is 2.12. The molecule has 0 aliphatic carbocycles. The highest BCUT2D eigenvalue weighted by Gasteiger charge is 2.22. The van der Waals surface area contributed by atoms with Gasteiger partial charge in [-0.2, -0.15) is 0 Å². The third-order valence-corrected chi connectivity index (χ3v) is 2.89. The van der Waals surface area contributed by atoms with Gasteiger partial charge in [0, 0.05) is 24.8 Å². The van der Waals surface area contributed by atoms with Crippen molar-refractivity contribution in [1.29, 1.82) is 0 Å². The van der Waals surface area contributed by atoms with Crippen LogP contribution in [0.25, 0.3) is 10.6 Å². The second-order valence-corrected chi connectivity index (χ2v) is 3.79. The summed E-state index contributed by atoms with van der Waals surface area (Å²) in [5.74, 6) is 0.877. The maximum atomic E-state index is 5.26. The van der Waals surface area contributed by atoms with Crippen molar-refractivity contribution in [2.24, 2.45) is 0 Å². The smallest absolute Gasteiger partial charge is 0.183 e. The first-order valence-electron chi connectivity index (χ1n) is 4.02. The number of nitrogens with one attached hydrogen (secondary N) is 1. The molecule has 1 aliphatic rings. The van der Waals surface area contributed by atoms with E-state index in [0.29, 0.717) is 0 Å². The second kappa shape index (κ2) is 2.65. The van der Waals surface area contributed by atoms with Gasteiger partial charge in [0.1, 0.15) is 5.69 Å². The molecular weight excluding hydrogens is 186 g/mol. The van der Waals surface area contributed by atoms with Gasteiger partial charge in [0.05, 0.1) is 10.4 Å². The van der Waals surface area contributed by atoms with Crippen LogP contribution in [-0.4, -0.2) is 10.1 Å². The zero-order valence-corrected chi connectivity index (χ0v) is 7.60. The van der Waals surface area contributed by atoms with Crippen LogP contribution in [0.3, 0.4) is 0 Å². The molecule has 0 bridgehead atoms. The lowest BCUT2D eigenvalue weighted by Gasteiger charge is -1.91. The lowest BCUT2D eigenvalue weighted by molar-refractivity contribution is 0.418. The maximum Gasteiger partial charge on any atom is 0.183 e. The minimum Gasteiger partial charge on any atom is -0.355 e. The topological polar surface area (TPSA) is 51.0 Å². The van der Waals surface area contributed by atoms with Crippen molar-refractivity contribution in [2.75, 3.05) is 0 Å². The van der Waals surface area contributed by atoms with E-state index in [9.17, 15) is 0 Å². The Kier molecular flexibility index (Phi) is 1.47. The van der Waals surface area contributed by atoms with Crippen molar-refractivity contribution in [2.45, 2.75) is 13.1 Å². The average molecular weight is 193 g/mol. The summed E-state index contributed by atoms with van der Waals surface area (Å²) in [5.41, 5.74) is 4.01. The predicted molar refractivity (Wildman–Crippen MR) is 48.2 cm³/mol. The third kappa shape index (κ3) is 1.01. The lowest BCUT2D eigenvalue weighted by Crippen LogP contribution is -2.01. The fraction of sp³-hybridized carbons (Fsp3) is 0.250. The first-order chi connectivity index (χ1) is 6.45. The summed E-state index contributed by atoms with van der Waals surface area (Å²) in [5, 5.41) is 7.23. The van der Waals surface area contributed by atoms with Crippen LogP contribution in [0.5, 0.6) is 0 Å². The standard InChI is InChI=1S/C8H7N3OS/c1-5-6(2-9-1)11-12-8(5)7-3-10-4-13-7/h3-4,9H,1-2H2. The Labute approximate surface area is 78.6 Å². The number of aromatic nitrogens is 2. The predicted octanol–water partition coefficient (Wildman–Crippen LogP) is 1.40. The maximum absolute atomic E-state index is 5.26. The van der Waals surface area contributed by atoms with E-state index in [1.165, 1.54) is 5.56 Å². The average Bonchev–Trinajstić information content (AvgIpc) is 2.79. The van der Waals surface area contributed by atoms with E-state index in [1.54, 1.807) is 16.8 Å². The van der Waals surface area contributed by atoms with Gasteiger partial charge in [-0.25, -0.2) is 0 Å². The van der Waals surface area contributed by atoms with Crippen molar-refractivity contribution in [3.05, 3.63) is 23.0 Å². The SMILES string of the molecule is c1ncc(-c2onc3c2CNC3)s1. The van der Waals surface area contributed by atoms with Crippen LogP contribution in [0.4, 0.5) is 0 Å². The molecule has 4 nitrogen and oxygen atoms in total. The molecule has 5 heteroatoms. The first-order valence-corrected chi connectivity index (χ1v) is 4.90. The molecule has 0 aromatic carbocycles. The van der Waals surface area contributed by atoms with Gasteiger partial charge < -0.3 is 9.84 Å². The number of rotatable bonds is 1. The fourth-order valence-corrected chi connectivity index (χ4v) is 2.12. The van der Waals surface area contributed by atoms with E-state index < -0.39 is 0 Å². The van der Waals surface area contributed by atoms with Gasteiger partial charge >= 0.3 is 0 Å². The summed E-state index contributed by atoms with van der Waals surface area (Å²) in [4.78, 5) is 5.07. The molecule has 3 heterocycles. The molecule has 0 unspecified atom stereocenters. The minimum absolute atomic E-state index is 0.817. The molecular formula is C8H7N3OS. The molecule has 0 fully saturated rings. The highest BCUT2D eigenvalue weighted by molar-refractivity contribution is 7.13. The van der Waals surface area contributed by atoms with Crippen LogP contribution >= 0.6 is 11.3 Å². The quantitative estimate of drug-likeness (QED) is 0.743. The number of fused-ring (bicyclic) bond motifs is 1. The molecule has 66 valence electrons. The molecule has 2 aromatic heterocycles. The molecule has 0 radical (unpaired) electrons. The highest BCUT2D eigenvalue weighted by atomic mass is 32.1. The fourth-order valence-electron chi connectivity index (χ4n) is 1.49. The molecule has 0 atom stereocenters. The highest BCUT2D eigenvalue weighted by Crippen LogP contribution is 2.30. The first kappa shape index (κ1) is 7.23. The van der Waals surface area contributed by atoms with Gasteiger partial charge in [0.15, 0.2) is 5.76 Å². The Morgan fingerprint density at radius 2 is 2.46 bits per heavy atom. The summed E-state index contributed by atoms with van der Waals surface area (Å²) in [6.45, 7) is 1.67. The van der Waals surface area contributed by atoms with E-state index in [4.69, 9.17) is 4.52 Å². The summed E-state index contributed by atoms with van der Waals surface area (Å²) >= 11 is 1.57. The van der Waals surface area contributed by atoms with E-state index in [0.717, 1.165) is 29.4 Å².